The van der Waals surface area contributed by atoms with E-state index in [0.717, 1.165) is 0 Å². The van der Waals surface area contributed by atoms with Gasteiger partial charge in [0.15, 0.2) is 5.82 Å². The standard InChI is InChI=1S/C9H8ClN5O/c1-6-11-13-14-15(6)9(12-16)7-3-2-4-8(10)5-7/h2-5,16H,1H3. The van der Waals surface area contributed by atoms with Crippen molar-refractivity contribution < 1.29 is 5.21 Å². The van der Waals surface area contributed by atoms with Crippen molar-refractivity contribution in [3.63, 3.8) is 0 Å². The van der Waals surface area contributed by atoms with Crippen molar-refractivity contribution in [2.45, 2.75) is 6.92 Å². The summed E-state index contributed by atoms with van der Waals surface area (Å²) >= 11 is 5.85. The van der Waals surface area contributed by atoms with Crippen molar-refractivity contribution in [1.82, 2.24) is 20.2 Å². The maximum atomic E-state index is 9.00. The quantitative estimate of drug-likeness (QED) is 0.351. The first kappa shape index (κ1) is 10.6. The highest BCUT2D eigenvalue weighted by Gasteiger charge is 2.12. The summed E-state index contributed by atoms with van der Waals surface area (Å²) < 4.78 is 1.33. The van der Waals surface area contributed by atoms with Crippen LogP contribution in [0.3, 0.4) is 0 Å². The molecule has 0 radical (unpaired) electrons. The fourth-order valence-corrected chi connectivity index (χ4v) is 1.47. The Bertz CT molecular complexity index is 536. The van der Waals surface area contributed by atoms with E-state index in [4.69, 9.17) is 16.8 Å². The summed E-state index contributed by atoms with van der Waals surface area (Å²) in [5, 5.41) is 23.6. The smallest absolute Gasteiger partial charge is 0.203 e. The largest absolute Gasteiger partial charge is 0.409 e. The summed E-state index contributed by atoms with van der Waals surface area (Å²) in [6, 6.07) is 6.90. The van der Waals surface area contributed by atoms with Crippen LogP contribution in [0.1, 0.15) is 11.4 Å². The predicted octanol–water partition coefficient (Wildman–Crippen LogP) is 1.32. The highest BCUT2D eigenvalue weighted by Crippen LogP contribution is 2.12. The van der Waals surface area contributed by atoms with E-state index in [1.165, 1.54) is 4.68 Å². The Hall–Kier alpha value is -1.95. The normalized spacial score (nSPS) is 11.8. The molecule has 6 nitrogen and oxygen atoms in total. The number of oxime groups is 1. The molecule has 82 valence electrons. The molecule has 2 aromatic rings. The monoisotopic (exact) mass is 237 g/mol. The van der Waals surface area contributed by atoms with E-state index in [0.29, 0.717) is 16.4 Å². The van der Waals surface area contributed by atoms with Crippen LogP contribution in [0.4, 0.5) is 0 Å². The second kappa shape index (κ2) is 4.28. The summed E-state index contributed by atoms with van der Waals surface area (Å²) in [6.45, 7) is 1.70. The van der Waals surface area contributed by atoms with E-state index in [1.807, 2.05) is 0 Å². The van der Waals surface area contributed by atoms with E-state index < -0.39 is 0 Å². The molecule has 7 heteroatoms. The molecule has 0 aliphatic heterocycles. The second-order valence-electron chi connectivity index (χ2n) is 3.07. The van der Waals surface area contributed by atoms with Gasteiger partial charge in [-0.15, -0.1) is 5.10 Å². The van der Waals surface area contributed by atoms with Gasteiger partial charge in [-0.25, -0.2) is 0 Å². The molecule has 0 aliphatic rings. The van der Waals surface area contributed by atoms with Crippen molar-refractivity contribution in [3.05, 3.63) is 40.7 Å². The number of aryl methyl sites for hydroxylation is 1. The molecule has 16 heavy (non-hydrogen) atoms. The molecule has 0 saturated carbocycles. The van der Waals surface area contributed by atoms with E-state index >= 15 is 0 Å². The van der Waals surface area contributed by atoms with Crippen LogP contribution in [-0.2, 0) is 0 Å². The summed E-state index contributed by atoms with van der Waals surface area (Å²) in [5.74, 6) is 0.748. The lowest BCUT2D eigenvalue weighted by Crippen LogP contribution is -2.17. The van der Waals surface area contributed by atoms with Gasteiger partial charge in [0.2, 0.25) is 5.84 Å². The number of halogens is 1. The van der Waals surface area contributed by atoms with E-state index in [-0.39, 0.29) is 5.84 Å². The molecule has 0 bridgehead atoms. The van der Waals surface area contributed by atoms with Gasteiger partial charge in [-0.05, 0) is 29.5 Å². The van der Waals surface area contributed by atoms with Crippen molar-refractivity contribution in [2.24, 2.45) is 5.16 Å². The molecule has 0 atom stereocenters. The van der Waals surface area contributed by atoms with Gasteiger partial charge in [0.1, 0.15) is 0 Å². The van der Waals surface area contributed by atoms with Crippen LogP contribution < -0.4 is 0 Å². The summed E-state index contributed by atoms with van der Waals surface area (Å²) in [4.78, 5) is 0. The second-order valence-corrected chi connectivity index (χ2v) is 3.51. The van der Waals surface area contributed by atoms with Crippen molar-refractivity contribution in [3.8, 4) is 0 Å². The molecule has 1 heterocycles. The van der Waals surface area contributed by atoms with Crippen molar-refractivity contribution >= 4 is 17.4 Å². The van der Waals surface area contributed by atoms with Crippen LogP contribution in [0.2, 0.25) is 5.02 Å². The van der Waals surface area contributed by atoms with Crippen LogP contribution in [0, 0.1) is 6.92 Å². The molecule has 0 fully saturated rings. The number of nitrogens with zero attached hydrogens (tertiary/aromatic N) is 5. The van der Waals surface area contributed by atoms with Crippen LogP contribution in [0.15, 0.2) is 29.4 Å². The molecule has 0 unspecified atom stereocenters. The number of tetrazole rings is 1. The Morgan fingerprint density at radius 3 is 2.88 bits per heavy atom. The SMILES string of the molecule is Cc1nnnn1C(=NO)c1cccc(Cl)c1. The van der Waals surface area contributed by atoms with Crippen molar-refractivity contribution in [1.29, 1.82) is 0 Å². The van der Waals surface area contributed by atoms with Gasteiger partial charge >= 0.3 is 0 Å². The maximum absolute atomic E-state index is 9.00. The number of aromatic nitrogens is 4. The molecule has 0 spiro atoms. The minimum Gasteiger partial charge on any atom is -0.409 e. The molecule has 0 aliphatic carbocycles. The minimum absolute atomic E-state index is 0.227. The van der Waals surface area contributed by atoms with Gasteiger partial charge in [-0.3, -0.25) is 0 Å². The molecular weight excluding hydrogens is 230 g/mol. The first-order chi connectivity index (χ1) is 7.72. The van der Waals surface area contributed by atoms with Crippen molar-refractivity contribution in [2.75, 3.05) is 0 Å². The third-order valence-electron chi connectivity index (χ3n) is 2.00. The zero-order valence-corrected chi connectivity index (χ0v) is 9.13. The Morgan fingerprint density at radius 1 is 1.50 bits per heavy atom. The van der Waals surface area contributed by atoms with Gasteiger partial charge in [-0.1, -0.05) is 28.9 Å². The van der Waals surface area contributed by atoms with Crippen LogP contribution in [0.5, 0.6) is 0 Å². The van der Waals surface area contributed by atoms with Gasteiger partial charge in [0.05, 0.1) is 0 Å². The number of hydrogen-bond acceptors (Lipinski definition) is 5. The lowest BCUT2D eigenvalue weighted by Gasteiger charge is -2.04. The van der Waals surface area contributed by atoms with Gasteiger partial charge in [0, 0.05) is 10.6 Å². The zero-order valence-electron chi connectivity index (χ0n) is 8.37. The van der Waals surface area contributed by atoms with Gasteiger partial charge in [0.25, 0.3) is 0 Å². The van der Waals surface area contributed by atoms with Gasteiger partial charge < -0.3 is 5.21 Å². The molecule has 1 N–H and O–H groups in total. The summed E-state index contributed by atoms with van der Waals surface area (Å²) in [5.41, 5.74) is 0.630. The van der Waals surface area contributed by atoms with E-state index in [1.54, 1.807) is 31.2 Å². The minimum atomic E-state index is 0.227. The fourth-order valence-electron chi connectivity index (χ4n) is 1.28. The first-order valence-corrected chi connectivity index (χ1v) is 4.83. The Balaban J connectivity index is 2.50. The van der Waals surface area contributed by atoms with Crippen LogP contribution >= 0.6 is 11.6 Å². The average Bonchev–Trinajstić information content (AvgIpc) is 2.67. The molecule has 1 aromatic carbocycles. The number of hydrogen-bond donors (Lipinski definition) is 1. The van der Waals surface area contributed by atoms with Crippen LogP contribution in [0.25, 0.3) is 0 Å². The maximum Gasteiger partial charge on any atom is 0.203 e. The predicted molar refractivity (Wildman–Crippen MR) is 57.7 cm³/mol. The number of rotatable bonds is 1. The fraction of sp³-hybridized carbons (Fsp3) is 0.111. The average molecular weight is 238 g/mol. The molecule has 0 amide bonds. The Kier molecular flexibility index (Phi) is 2.82. The Labute approximate surface area is 96.1 Å². The van der Waals surface area contributed by atoms with E-state index in [2.05, 4.69) is 20.7 Å². The zero-order chi connectivity index (χ0) is 11.5. The lowest BCUT2D eigenvalue weighted by molar-refractivity contribution is 0.316. The van der Waals surface area contributed by atoms with Gasteiger partial charge in [-0.2, -0.15) is 4.68 Å². The third kappa shape index (κ3) is 1.87. The molecular formula is C9H8ClN5O. The third-order valence-corrected chi connectivity index (χ3v) is 2.24. The first-order valence-electron chi connectivity index (χ1n) is 4.45. The Morgan fingerprint density at radius 2 is 2.31 bits per heavy atom. The number of benzene rings is 1. The van der Waals surface area contributed by atoms with Crippen LogP contribution in [-0.4, -0.2) is 31.3 Å². The lowest BCUT2D eigenvalue weighted by atomic mass is 10.2. The topological polar surface area (TPSA) is 76.2 Å². The highest BCUT2D eigenvalue weighted by atomic mass is 35.5. The highest BCUT2D eigenvalue weighted by molar-refractivity contribution is 6.31. The summed E-state index contributed by atoms with van der Waals surface area (Å²) in [6.07, 6.45) is 0. The van der Waals surface area contributed by atoms with E-state index in [9.17, 15) is 0 Å². The summed E-state index contributed by atoms with van der Waals surface area (Å²) in [7, 11) is 0. The molecule has 1 aromatic heterocycles. The molecule has 0 saturated heterocycles. The molecule has 2 rings (SSSR count).